The molecule has 0 bridgehead atoms. The largest absolute Gasteiger partial charge is 0.399 e. The lowest BCUT2D eigenvalue weighted by Gasteiger charge is -2.50. The average Bonchev–Trinajstić information content (AvgIpc) is 0.713. The minimum atomic E-state index is -0.794. The minimum absolute atomic E-state index is 0.155. The summed E-state index contributed by atoms with van der Waals surface area (Å²) in [7, 11) is 1.43. The number of piperidine rings is 4. The van der Waals surface area contributed by atoms with E-state index in [1.54, 1.807) is 24.3 Å². The first-order valence-corrected chi connectivity index (χ1v) is 39.4. The van der Waals surface area contributed by atoms with E-state index in [0.717, 1.165) is 101 Å². The van der Waals surface area contributed by atoms with Crippen LogP contribution < -0.4 is 37.2 Å². The Kier molecular flexibility index (Phi) is 17.9. The number of benzene rings is 10. The highest BCUT2D eigenvalue weighted by molar-refractivity contribution is 6.39. The predicted molar refractivity (Wildman–Crippen MR) is 448 cm³/mol. The number of ether oxygens (including phenoxy) is 2. The molecule has 8 aliphatic heterocycles. The summed E-state index contributed by atoms with van der Waals surface area (Å²) in [5.41, 5.74) is 18.6. The van der Waals surface area contributed by atoms with Crippen LogP contribution in [-0.4, -0.2) is 145 Å². The van der Waals surface area contributed by atoms with Crippen molar-refractivity contribution < 1.29 is 68.7 Å². The zero-order chi connectivity index (χ0) is 83.8. The van der Waals surface area contributed by atoms with Crippen LogP contribution in [0.25, 0.3) is 86.9 Å². The number of nitrogen functional groups attached to an aromatic ring is 2. The van der Waals surface area contributed by atoms with Crippen LogP contribution in [0.3, 0.4) is 0 Å². The Labute approximate surface area is 670 Å². The number of nitrogens with zero attached hydrogens (tertiary/aromatic N) is 6. The monoisotopic (exact) mass is 1560 g/mol. The van der Waals surface area contributed by atoms with Crippen LogP contribution in [0.1, 0.15) is 251 Å². The quantitative estimate of drug-likeness (QED) is 0.0292. The van der Waals surface area contributed by atoms with Crippen molar-refractivity contribution in [1.29, 1.82) is 0 Å². The van der Waals surface area contributed by atoms with E-state index in [1.807, 2.05) is 58.0 Å². The Morgan fingerprint density at radius 2 is 0.526 bits per heavy atom. The highest BCUT2D eigenvalue weighted by Crippen LogP contribution is 2.48. The van der Waals surface area contributed by atoms with Crippen LogP contribution in [0.5, 0.6) is 0 Å². The number of hydrogen-bond donors (Lipinski definition) is 6. The van der Waals surface area contributed by atoms with Crippen molar-refractivity contribution in [2.45, 2.75) is 213 Å². The third kappa shape index (κ3) is 12.2. The van der Waals surface area contributed by atoms with Gasteiger partial charge in [-0.05, 0) is 318 Å². The maximum absolute atomic E-state index is 14.7. The number of cyclic esters (lactones) is 4. The van der Waals surface area contributed by atoms with Crippen LogP contribution in [0.15, 0.2) is 121 Å². The van der Waals surface area contributed by atoms with Gasteiger partial charge in [-0.3, -0.25) is 24.1 Å². The molecular weight excluding hydrogens is 1470 g/mol. The van der Waals surface area contributed by atoms with E-state index < -0.39 is 91.8 Å². The Morgan fingerprint density at radius 3 is 0.819 bits per heavy atom. The molecule has 0 saturated carbocycles. The molecule has 18 rings (SSSR count). The number of esters is 4. The molecule has 22 heteroatoms. The zero-order valence-electron chi connectivity index (χ0n) is 68.9. The summed E-state index contributed by atoms with van der Waals surface area (Å²) in [6.45, 7) is 35.3. The zero-order valence-corrected chi connectivity index (χ0v) is 68.9. The molecule has 4 amide bonds. The molecule has 4 saturated heterocycles. The number of anilines is 3. The Balaban J connectivity index is 0.000000148. The second kappa shape index (κ2) is 26.3. The van der Waals surface area contributed by atoms with Crippen molar-refractivity contribution in [1.82, 2.24) is 25.2 Å². The first-order valence-electron chi connectivity index (χ1n) is 39.4. The molecule has 8 heterocycles. The van der Waals surface area contributed by atoms with E-state index in [0.29, 0.717) is 42.1 Å². The Hall–Kier alpha value is -10.9. The van der Waals surface area contributed by atoms with Crippen LogP contribution in [-0.2, 0) is 9.47 Å². The Bertz CT molecular complexity index is 6110. The molecule has 10 aromatic rings. The molecule has 598 valence electrons. The van der Waals surface area contributed by atoms with Gasteiger partial charge in [0.2, 0.25) is 0 Å². The number of amides is 4. The van der Waals surface area contributed by atoms with E-state index in [-0.39, 0.29) is 55.3 Å². The SMILES string of the molecule is CC1(C)CC(=c2c3ccc(N)cc3c(=C3CC(C)(C)N(O)C(C)(C)C3)c3ccc(N)cc23)CC(C)(C)N1O.Cc1ccc2c(=C3CC(C)(C)N(O)C(C)(C)C3)c3cc(N4C(=O)c5ccc6c7c(ccc(c57)C4=O)C(=O)N(C)C6=O)ccc3c(=C3CC(C)(C)N(O)C(C)(C)C3)c2c1.O=C1OC(=O)c2ccc3c4c(ccc1c24)C(=O)OC3=O. The average molecular weight is 1560 g/mol. The van der Waals surface area contributed by atoms with Gasteiger partial charge in [-0.25, -0.2) is 24.1 Å². The summed E-state index contributed by atoms with van der Waals surface area (Å²) in [6.07, 6.45) is 5.38. The van der Waals surface area contributed by atoms with Gasteiger partial charge in [0.1, 0.15) is 0 Å². The first-order chi connectivity index (χ1) is 54.1. The van der Waals surface area contributed by atoms with Gasteiger partial charge in [0.15, 0.2) is 0 Å². The number of aryl methyl sites for hydroxylation is 1. The molecule has 22 nitrogen and oxygen atoms in total. The van der Waals surface area contributed by atoms with Crippen molar-refractivity contribution >= 4 is 151 Å². The summed E-state index contributed by atoms with van der Waals surface area (Å²) >= 11 is 0. The Morgan fingerprint density at radius 1 is 0.293 bits per heavy atom. The molecular formula is C94H98N8O14. The number of carbonyl (C=O) groups is 8. The van der Waals surface area contributed by atoms with E-state index in [9.17, 15) is 59.2 Å². The molecule has 4 fully saturated rings. The number of carbonyl (C=O) groups excluding carboxylic acids is 8. The number of nitrogens with two attached hydrogens (primary N) is 2. The second-order valence-corrected chi connectivity index (χ2v) is 38.1. The maximum atomic E-state index is 14.7. The van der Waals surface area contributed by atoms with E-state index in [4.69, 9.17) is 11.5 Å². The summed E-state index contributed by atoms with van der Waals surface area (Å²) in [5.74, 6) is -5.20. The maximum Gasteiger partial charge on any atom is 0.346 e. The van der Waals surface area contributed by atoms with Gasteiger partial charge in [-0.2, -0.15) is 20.3 Å². The number of rotatable bonds is 1. The summed E-state index contributed by atoms with van der Waals surface area (Å²) in [6, 6.07) is 36.8. The summed E-state index contributed by atoms with van der Waals surface area (Å²) < 4.78 is 9.22. The van der Waals surface area contributed by atoms with E-state index >= 15 is 0 Å². The number of imide groups is 2. The van der Waals surface area contributed by atoms with E-state index in [1.165, 1.54) is 89.2 Å². The molecule has 0 spiro atoms. The van der Waals surface area contributed by atoms with Crippen LogP contribution in [0, 0.1) is 6.92 Å². The fourth-order valence-corrected chi connectivity index (χ4v) is 21.1. The van der Waals surface area contributed by atoms with Crippen molar-refractivity contribution in [3.05, 3.63) is 192 Å². The summed E-state index contributed by atoms with van der Waals surface area (Å²) in [4.78, 5) is 105. The van der Waals surface area contributed by atoms with Crippen LogP contribution >= 0.6 is 0 Å². The van der Waals surface area contributed by atoms with Crippen molar-refractivity contribution in [2.24, 2.45) is 0 Å². The normalized spacial score (nSPS) is 21.2. The van der Waals surface area contributed by atoms with Gasteiger partial charge >= 0.3 is 23.9 Å². The molecule has 8 N–H and O–H groups in total. The highest BCUT2D eigenvalue weighted by Gasteiger charge is 2.49. The van der Waals surface area contributed by atoms with Gasteiger partial charge in [-0.15, -0.1) is 0 Å². The first kappa shape index (κ1) is 78.9. The van der Waals surface area contributed by atoms with Gasteiger partial charge in [0.05, 0.1) is 27.9 Å². The molecule has 0 atom stereocenters. The summed E-state index contributed by atoms with van der Waals surface area (Å²) in [5, 5.41) is 65.2. The van der Waals surface area contributed by atoms with Crippen LogP contribution in [0.4, 0.5) is 17.1 Å². The van der Waals surface area contributed by atoms with Gasteiger partial charge in [-0.1, -0.05) is 64.3 Å². The third-order valence-electron chi connectivity index (χ3n) is 25.4. The lowest BCUT2D eigenvalue weighted by atomic mass is 9.75. The number of hydroxylamine groups is 8. The van der Waals surface area contributed by atoms with Crippen molar-refractivity contribution in [2.75, 3.05) is 23.4 Å². The minimum Gasteiger partial charge on any atom is -0.399 e. The second-order valence-electron chi connectivity index (χ2n) is 38.1. The number of fused-ring (bicyclic) bond motifs is 4. The predicted octanol–water partition coefficient (Wildman–Crippen LogP) is 14.9. The lowest BCUT2D eigenvalue weighted by Crippen LogP contribution is -2.57. The lowest BCUT2D eigenvalue weighted by molar-refractivity contribution is -0.228. The smallest absolute Gasteiger partial charge is 0.346 e. The molecule has 8 aliphatic rings. The van der Waals surface area contributed by atoms with Crippen LogP contribution in [0.2, 0.25) is 0 Å². The van der Waals surface area contributed by atoms with Gasteiger partial charge in [0.25, 0.3) is 23.6 Å². The van der Waals surface area contributed by atoms with Gasteiger partial charge in [0, 0.05) is 107 Å². The fourth-order valence-electron chi connectivity index (χ4n) is 21.1. The molecule has 0 aromatic heterocycles. The number of hydrogen-bond acceptors (Lipinski definition) is 20. The van der Waals surface area contributed by atoms with E-state index in [2.05, 4.69) is 142 Å². The van der Waals surface area contributed by atoms with Gasteiger partial charge < -0.3 is 41.8 Å². The molecule has 0 radical (unpaired) electrons. The molecule has 0 unspecified atom stereocenters. The topological polar surface area (TPSA) is 307 Å². The highest BCUT2D eigenvalue weighted by atomic mass is 16.6. The molecule has 116 heavy (non-hydrogen) atoms. The molecule has 0 aliphatic carbocycles. The van der Waals surface area contributed by atoms with Crippen molar-refractivity contribution in [3.8, 4) is 0 Å². The van der Waals surface area contributed by atoms with Crippen molar-refractivity contribution in [3.63, 3.8) is 0 Å². The standard InChI is InChI=1S/C48H50N4O6.C32H44N4O2.C14H4O6/c1-25-11-13-29-35(19-25)37(26-21-45(2,3)51(57)46(4,5)22-26)30-14-12-28(20-36(30)38(29)27-23-47(6,7)52(58)48(8,9)24-27)50-43(55)33-17-15-31-39-32(42(54)49(10)41(31)53)16-18-34(40(33)39)44(50)56;1-29(2)15-19(16-30(3,4)35(29)37)27-23-11-9-22(34)14-26(23)28(24-12-10-21(33)13-25(24)27)20-17-31(5,6)36(38)32(7,8)18-20;15-11-5-1-2-6-10-8(14(18)20-12(6)16)4-3-7(9(5)10)13(17)19-11/h11-20,57-58H,21-24H2,1-10H3;9-14,37-38H,15-18,33-34H2,1-8H3;1-4H. The molecule has 10 aromatic carbocycles. The third-order valence-corrected chi connectivity index (χ3v) is 25.4. The fraction of sp³-hybridized carbons (Fsp3) is 0.362.